The van der Waals surface area contributed by atoms with Gasteiger partial charge in [-0.3, -0.25) is 0 Å². The maximum Gasteiger partial charge on any atom is 0.174 e. The van der Waals surface area contributed by atoms with E-state index >= 15 is 0 Å². The van der Waals surface area contributed by atoms with E-state index in [0.717, 1.165) is 0 Å². The van der Waals surface area contributed by atoms with Gasteiger partial charge in [-0.15, -0.1) is 0 Å². The summed E-state index contributed by atoms with van der Waals surface area (Å²) in [6.45, 7) is -1.78. The van der Waals surface area contributed by atoms with Crippen LogP contribution in [0.15, 0.2) is 334 Å². The molecule has 0 aliphatic heterocycles. The van der Waals surface area contributed by atoms with Crippen molar-refractivity contribution in [1.29, 1.82) is 0 Å². The largest absolute Gasteiger partial charge is 0.174 e. The first-order valence-electron chi connectivity index (χ1n) is 25.5. The summed E-state index contributed by atoms with van der Waals surface area (Å²) in [7, 11) is 1.22. The summed E-state index contributed by atoms with van der Waals surface area (Å²) in [4.78, 5) is 0. The van der Waals surface area contributed by atoms with Gasteiger partial charge in [-0.25, -0.2) is 0 Å². The Balaban J connectivity index is 0.000000186. The molecule has 78 heavy (non-hydrogen) atoms. The van der Waals surface area contributed by atoms with E-state index in [4.69, 9.17) is 6.30 Å². The molecular weight excluding hydrogens is 1420 g/mol. The van der Waals surface area contributed by atoms with Crippen molar-refractivity contribution >= 4 is 113 Å². The standard InChI is InChI=1S/2C25H22P2.C19H17P.CH3.ClH.2Pt/c2*1-5-13-22(14-6-1)26(23-15-7-2-8-16-23)21-27(24-17-9-3-10-18-24)25-19-11-4-12-20-25;1-20(17-11-5-2-6-12-17,18-13-7-3-8-14-18)19-15-9-4-10-16-19;;;;/h2*1-20H,21H2;2-16H,1H2;1H3;1H;;/q;;;-1;;;+2/p+3. The molecule has 0 aliphatic rings. The van der Waals surface area contributed by atoms with Gasteiger partial charge in [-0.1, -0.05) is 243 Å². The van der Waals surface area contributed by atoms with Crippen LogP contribution in [-0.2, 0) is 39.8 Å². The third kappa shape index (κ3) is 17.6. The molecule has 0 aliphatic carbocycles. The van der Waals surface area contributed by atoms with Crippen molar-refractivity contribution < 1.29 is 39.8 Å². The molecule has 396 valence electrons. The van der Waals surface area contributed by atoms with Crippen LogP contribution < -0.4 is 58.3 Å². The molecular formula is C70H68ClP5Pt2+4. The molecule has 0 aromatic heterocycles. The minimum Gasteiger partial charge on any atom is -0.0620 e. The number of hydrogen-bond acceptors (Lipinski definition) is 0. The average molecular weight is 1490 g/mol. The number of rotatable bonds is 15. The van der Waals surface area contributed by atoms with Gasteiger partial charge < -0.3 is 7.43 Å². The normalized spacial score (nSPS) is 10.6. The Hall–Kier alpha value is -4.89. The predicted molar refractivity (Wildman–Crippen MR) is 356 cm³/mol. The first kappa shape index (κ1) is 62.3. The van der Waals surface area contributed by atoms with E-state index in [-0.39, 0.29) is 28.5 Å². The molecule has 0 amide bonds. The van der Waals surface area contributed by atoms with Gasteiger partial charge in [0.25, 0.3) is 0 Å². The number of benzene rings is 11. The van der Waals surface area contributed by atoms with Gasteiger partial charge in [0.1, 0.15) is 74.1 Å². The van der Waals surface area contributed by atoms with Gasteiger partial charge in [0.15, 0.2) is 11.8 Å². The Kier molecular flexibility index (Phi) is 27.4. The zero-order chi connectivity index (χ0) is 52.5. The molecule has 0 fully saturated rings. The minimum atomic E-state index is -1.78. The molecule has 11 aromatic carbocycles. The topological polar surface area (TPSA) is 0 Å². The third-order valence-electron chi connectivity index (χ3n) is 13.3. The molecule has 0 unspecified atom stereocenters. The molecule has 0 N–H and O–H groups in total. The van der Waals surface area contributed by atoms with Gasteiger partial charge in [-0.2, -0.15) is 0 Å². The fourth-order valence-electron chi connectivity index (χ4n) is 9.45. The fraction of sp³-hybridized carbons (Fsp3) is 0.0286. The summed E-state index contributed by atoms with van der Waals surface area (Å²) in [5, 5.41) is 16.0. The van der Waals surface area contributed by atoms with E-state index in [1.54, 1.807) is 18.8 Å². The second-order valence-corrected chi connectivity index (χ2v) is 32.5. The summed E-state index contributed by atoms with van der Waals surface area (Å²) >= 11 is 1.61. The smallest absolute Gasteiger partial charge is 0.0620 e. The molecule has 8 heteroatoms. The SMILES string of the molecule is C=P(c1ccccc1)(c1ccccc1)c1ccccc1.[CH3-].[Cl][Pt+].[Pt].c1ccc([PH+](C[PH+](c2ccccc2)c2ccccc2)c2ccccc2)cc1.c1ccc([PH+](C[PH+](c2ccccc2)c2ccccc2)c2ccccc2)cc1. The van der Waals surface area contributed by atoms with Crippen molar-refractivity contribution in [2.24, 2.45) is 0 Å². The zero-order valence-electron chi connectivity index (χ0n) is 43.8. The molecule has 11 rings (SSSR count). The van der Waals surface area contributed by atoms with Crippen LogP contribution in [0.4, 0.5) is 0 Å². The van der Waals surface area contributed by atoms with Crippen molar-refractivity contribution in [3.8, 4) is 0 Å². The van der Waals surface area contributed by atoms with E-state index in [9.17, 15) is 0 Å². The summed E-state index contributed by atoms with van der Waals surface area (Å²) in [6, 6.07) is 121. The Morgan fingerprint density at radius 1 is 0.244 bits per heavy atom. The second-order valence-electron chi connectivity index (χ2n) is 18.0. The second kappa shape index (κ2) is 34.3. The molecule has 0 spiro atoms. The van der Waals surface area contributed by atoms with Crippen LogP contribution >= 0.6 is 48.0 Å². The van der Waals surface area contributed by atoms with Crippen molar-refractivity contribution in [3.63, 3.8) is 0 Å². The van der Waals surface area contributed by atoms with Crippen LogP contribution in [0.1, 0.15) is 0 Å². The Bertz CT molecular complexity index is 2750. The summed E-state index contributed by atoms with van der Waals surface area (Å²) in [5.74, 6) is 2.49. The van der Waals surface area contributed by atoms with E-state index in [2.05, 4.69) is 343 Å². The number of hydrogen-bond donors (Lipinski definition) is 0. The Labute approximate surface area is 500 Å². The van der Waals surface area contributed by atoms with E-state index in [0.29, 0.717) is 0 Å². The maximum absolute atomic E-state index is 4.69. The third-order valence-corrected chi connectivity index (χ3v) is 30.7. The average Bonchev–Trinajstić information content (AvgIpc) is 3.58. The molecule has 0 saturated carbocycles. The van der Waals surface area contributed by atoms with Crippen molar-refractivity contribution in [2.45, 2.75) is 0 Å². The van der Waals surface area contributed by atoms with Crippen molar-refractivity contribution in [3.05, 3.63) is 341 Å². The van der Waals surface area contributed by atoms with E-state index in [1.165, 1.54) is 70.2 Å². The first-order valence-corrected chi connectivity index (χ1v) is 37.2. The van der Waals surface area contributed by atoms with Crippen LogP contribution in [-0.4, -0.2) is 18.1 Å². The monoisotopic (exact) mass is 1490 g/mol. The maximum atomic E-state index is 4.69. The van der Waals surface area contributed by atoms with Crippen molar-refractivity contribution in [1.82, 2.24) is 0 Å². The molecule has 0 atom stereocenters. The van der Waals surface area contributed by atoms with Crippen LogP contribution in [0.25, 0.3) is 0 Å². The van der Waals surface area contributed by atoms with E-state index in [1.807, 2.05) is 0 Å². The van der Waals surface area contributed by atoms with Gasteiger partial charge in [0.2, 0.25) is 0 Å². The van der Waals surface area contributed by atoms with Crippen LogP contribution in [0, 0.1) is 7.43 Å². The van der Waals surface area contributed by atoms with Gasteiger partial charge >= 0.3 is 28.2 Å². The van der Waals surface area contributed by atoms with Crippen LogP contribution in [0.3, 0.4) is 0 Å². The summed E-state index contributed by atoms with van der Waals surface area (Å²) in [6.07, 6.45) is 4.69. The summed E-state index contributed by atoms with van der Waals surface area (Å²) < 4.78 is 0. The molecule has 0 radical (unpaired) electrons. The van der Waals surface area contributed by atoms with Crippen LogP contribution in [0.2, 0.25) is 0 Å². The van der Waals surface area contributed by atoms with Gasteiger partial charge in [0.05, 0.1) is 0 Å². The van der Waals surface area contributed by atoms with Gasteiger partial charge in [-0.05, 0) is 120 Å². The first-order chi connectivity index (χ1) is 37.6. The van der Waals surface area contributed by atoms with Gasteiger partial charge in [0, 0.05) is 21.1 Å². The predicted octanol–water partition coefficient (Wildman–Crippen LogP) is 13.9. The molecule has 0 heterocycles. The Morgan fingerprint density at radius 2 is 0.359 bits per heavy atom. The van der Waals surface area contributed by atoms with E-state index < -0.39 is 38.6 Å². The number of halogens is 1. The molecule has 0 nitrogen and oxygen atoms in total. The van der Waals surface area contributed by atoms with Crippen molar-refractivity contribution in [2.75, 3.05) is 11.8 Å². The molecule has 0 bridgehead atoms. The minimum absolute atomic E-state index is 0. The molecule has 11 aromatic rings. The Morgan fingerprint density at radius 3 is 0.487 bits per heavy atom. The molecule has 0 saturated heterocycles. The fourth-order valence-corrected chi connectivity index (χ4v) is 27.8. The quantitative estimate of drug-likeness (QED) is 0.0709. The zero-order valence-corrected chi connectivity index (χ0v) is 54.0. The summed E-state index contributed by atoms with van der Waals surface area (Å²) in [5.41, 5.74) is 0. The van der Waals surface area contributed by atoms with Crippen LogP contribution in [0.5, 0.6) is 0 Å².